The van der Waals surface area contributed by atoms with Crippen LogP contribution in [0.5, 0.6) is 0 Å². The second-order valence-corrected chi connectivity index (χ2v) is 11.1. The van der Waals surface area contributed by atoms with Gasteiger partial charge in [0.15, 0.2) is 0 Å². The van der Waals surface area contributed by atoms with E-state index in [1.807, 2.05) is 0 Å². The van der Waals surface area contributed by atoms with Crippen LogP contribution in [-0.4, -0.2) is 10.1 Å². The number of hydrogen-bond acceptors (Lipinski definition) is 1. The Balaban J connectivity index is 1.58. The molecular weight excluding hydrogens is 460 g/mol. The Morgan fingerprint density at radius 2 is 1.11 bits per heavy atom. The van der Waals surface area contributed by atoms with E-state index in [1.54, 1.807) is 0 Å². The molecule has 0 aliphatic rings. The van der Waals surface area contributed by atoms with Crippen LogP contribution in [0.3, 0.4) is 0 Å². The molecular formula is C36H30N2. The molecule has 0 saturated heterocycles. The van der Waals surface area contributed by atoms with Crippen molar-refractivity contribution in [2.45, 2.75) is 26.3 Å². The summed E-state index contributed by atoms with van der Waals surface area (Å²) in [6, 6.07) is 46.2. The molecule has 0 radical (unpaired) electrons. The van der Waals surface area contributed by atoms with Crippen LogP contribution in [0.25, 0.3) is 49.0 Å². The molecule has 6 aromatic carbocycles. The Kier molecular flexibility index (Phi) is 5.06. The highest BCUT2D eigenvalue weighted by atomic mass is 15.2. The summed E-state index contributed by atoms with van der Waals surface area (Å²) in [7, 11) is 0. The Morgan fingerprint density at radius 1 is 0.500 bits per heavy atom. The summed E-state index contributed by atoms with van der Waals surface area (Å²) in [5, 5.41) is 7.61. The molecule has 0 N–H and O–H groups in total. The summed E-state index contributed by atoms with van der Waals surface area (Å²) >= 11 is 0. The van der Waals surface area contributed by atoms with Crippen molar-refractivity contribution in [2.75, 3.05) is 4.90 Å². The number of para-hydroxylation sites is 2. The molecule has 0 unspecified atom stereocenters. The summed E-state index contributed by atoms with van der Waals surface area (Å²) in [6.07, 6.45) is 0. The van der Waals surface area contributed by atoms with Crippen LogP contribution >= 0.6 is 0 Å². The molecule has 0 aliphatic heterocycles. The van der Waals surface area contributed by atoms with Gasteiger partial charge in [0, 0.05) is 33.1 Å². The molecule has 1 aromatic heterocycles. The van der Waals surface area contributed by atoms with E-state index in [1.165, 1.54) is 60.4 Å². The fourth-order valence-corrected chi connectivity index (χ4v) is 6.04. The van der Waals surface area contributed by atoms with Gasteiger partial charge in [-0.15, -0.1) is 0 Å². The predicted octanol–water partition coefficient (Wildman–Crippen LogP) is 10.0. The lowest BCUT2D eigenvalue weighted by Crippen LogP contribution is -2.37. The maximum Gasteiger partial charge on any atom is 0.0562 e. The summed E-state index contributed by atoms with van der Waals surface area (Å²) in [5.41, 5.74) is 5.90. The molecule has 1 heterocycles. The quantitative estimate of drug-likeness (QED) is 0.224. The van der Waals surface area contributed by atoms with Crippen molar-refractivity contribution in [3.05, 3.63) is 127 Å². The minimum absolute atomic E-state index is 0.163. The van der Waals surface area contributed by atoms with Crippen LogP contribution in [0.15, 0.2) is 127 Å². The van der Waals surface area contributed by atoms with E-state index in [0.717, 1.165) is 0 Å². The standard InChI is InChI=1S/C36H30N2/c1-36(2,3)38(32-20-11-15-27-23-25-13-7-8-14-26(25)24-30(27)32)34-22-12-21-33-35(34)29-18-9-10-19-31(29)37(33)28-16-5-4-6-17-28/h4-24H,1-3H3. The third kappa shape index (κ3) is 3.48. The topological polar surface area (TPSA) is 8.17 Å². The Morgan fingerprint density at radius 3 is 1.89 bits per heavy atom. The first kappa shape index (κ1) is 22.6. The zero-order chi connectivity index (χ0) is 25.9. The molecule has 7 rings (SSSR count). The van der Waals surface area contributed by atoms with Gasteiger partial charge >= 0.3 is 0 Å². The molecule has 38 heavy (non-hydrogen) atoms. The number of rotatable bonds is 3. The van der Waals surface area contributed by atoms with Crippen molar-refractivity contribution in [3.63, 3.8) is 0 Å². The maximum atomic E-state index is 2.54. The van der Waals surface area contributed by atoms with Gasteiger partial charge in [-0.25, -0.2) is 0 Å². The van der Waals surface area contributed by atoms with Gasteiger partial charge in [0.25, 0.3) is 0 Å². The summed E-state index contributed by atoms with van der Waals surface area (Å²) in [5.74, 6) is 0. The van der Waals surface area contributed by atoms with Gasteiger partial charge in [-0.3, -0.25) is 0 Å². The first-order chi connectivity index (χ1) is 18.5. The minimum Gasteiger partial charge on any atom is -0.335 e. The molecule has 2 heteroatoms. The third-order valence-electron chi connectivity index (χ3n) is 7.57. The van der Waals surface area contributed by atoms with Crippen LogP contribution in [0.1, 0.15) is 20.8 Å². The van der Waals surface area contributed by atoms with Gasteiger partial charge < -0.3 is 9.47 Å². The molecule has 2 nitrogen and oxygen atoms in total. The minimum atomic E-state index is -0.163. The first-order valence-electron chi connectivity index (χ1n) is 13.3. The highest BCUT2D eigenvalue weighted by molar-refractivity contribution is 6.17. The molecule has 0 spiro atoms. The van der Waals surface area contributed by atoms with Crippen molar-refractivity contribution >= 4 is 54.7 Å². The largest absolute Gasteiger partial charge is 0.335 e. The van der Waals surface area contributed by atoms with E-state index in [-0.39, 0.29) is 5.54 Å². The van der Waals surface area contributed by atoms with Crippen LogP contribution in [0.2, 0.25) is 0 Å². The van der Waals surface area contributed by atoms with Gasteiger partial charge in [0.2, 0.25) is 0 Å². The molecule has 7 aromatic rings. The molecule has 0 bridgehead atoms. The highest BCUT2D eigenvalue weighted by Gasteiger charge is 2.28. The zero-order valence-corrected chi connectivity index (χ0v) is 22.0. The Bertz CT molecular complexity index is 1960. The Labute approximate surface area is 223 Å². The highest BCUT2D eigenvalue weighted by Crippen LogP contribution is 2.45. The van der Waals surface area contributed by atoms with Gasteiger partial charge in [0.1, 0.15) is 0 Å². The maximum absolute atomic E-state index is 2.54. The summed E-state index contributed by atoms with van der Waals surface area (Å²) < 4.78 is 2.39. The number of anilines is 2. The summed E-state index contributed by atoms with van der Waals surface area (Å²) in [4.78, 5) is 2.54. The van der Waals surface area contributed by atoms with Gasteiger partial charge in [-0.05, 0) is 85.5 Å². The van der Waals surface area contributed by atoms with Crippen molar-refractivity contribution in [2.24, 2.45) is 0 Å². The molecule has 0 atom stereocenters. The fourth-order valence-electron chi connectivity index (χ4n) is 6.04. The van der Waals surface area contributed by atoms with Crippen LogP contribution in [0.4, 0.5) is 11.4 Å². The molecule has 0 saturated carbocycles. The second kappa shape index (κ2) is 8.49. The monoisotopic (exact) mass is 490 g/mol. The zero-order valence-electron chi connectivity index (χ0n) is 22.0. The van der Waals surface area contributed by atoms with E-state index < -0.39 is 0 Å². The van der Waals surface area contributed by atoms with Crippen molar-refractivity contribution in [1.29, 1.82) is 0 Å². The SMILES string of the molecule is CC(C)(C)N(c1cccc2cc3ccccc3cc12)c1cccc2c1c1ccccc1n2-c1ccccc1. The molecule has 184 valence electrons. The third-order valence-corrected chi connectivity index (χ3v) is 7.57. The normalized spacial score (nSPS) is 12.1. The lowest BCUT2D eigenvalue weighted by Gasteiger charge is -2.39. The lowest BCUT2D eigenvalue weighted by atomic mass is 9.97. The predicted molar refractivity (Wildman–Crippen MR) is 164 cm³/mol. The van der Waals surface area contributed by atoms with Gasteiger partial charge in [-0.2, -0.15) is 0 Å². The van der Waals surface area contributed by atoms with E-state index in [4.69, 9.17) is 0 Å². The number of benzene rings is 6. The van der Waals surface area contributed by atoms with E-state index >= 15 is 0 Å². The lowest BCUT2D eigenvalue weighted by molar-refractivity contribution is 0.563. The average Bonchev–Trinajstić information content (AvgIpc) is 3.27. The number of fused-ring (bicyclic) bond motifs is 5. The summed E-state index contributed by atoms with van der Waals surface area (Å²) in [6.45, 7) is 6.92. The van der Waals surface area contributed by atoms with Crippen molar-refractivity contribution in [1.82, 2.24) is 4.57 Å². The average molecular weight is 491 g/mol. The van der Waals surface area contributed by atoms with Crippen LogP contribution < -0.4 is 4.90 Å². The van der Waals surface area contributed by atoms with Gasteiger partial charge in [0.05, 0.1) is 16.7 Å². The first-order valence-corrected chi connectivity index (χ1v) is 13.3. The van der Waals surface area contributed by atoms with Crippen molar-refractivity contribution in [3.8, 4) is 5.69 Å². The van der Waals surface area contributed by atoms with Crippen molar-refractivity contribution < 1.29 is 0 Å². The second-order valence-electron chi connectivity index (χ2n) is 11.1. The molecule has 0 fully saturated rings. The number of nitrogens with zero attached hydrogens (tertiary/aromatic N) is 2. The van der Waals surface area contributed by atoms with Gasteiger partial charge in [-0.1, -0.05) is 78.9 Å². The molecule has 0 amide bonds. The molecule has 0 aliphatic carbocycles. The van der Waals surface area contributed by atoms with Crippen LogP contribution in [0, 0.1) is 0 Å². The van der Waals surface area contributed by atoms with E-state index in [2.05, 4.69) is 158 Å². The van der Waals surface area contributed by atoms with E-state index in [9.17, 15) is 0 Å². The van der Waals surface area contributed by atoms with E-state index in [0.29, 0.717) is 0 Å². The number of aromatic nitrogens is 1. The Hall–Kier alpha value is -4.56. The number of hydrogen-bond donors (Lipinski definition) is 0. The smallest absolute Gasteiger partial charge is 0.0562 e. The fraction of sp³-hybridized carbons (Fsp3) is 0.111. The van der Waals surface area contributed by atoms with Crippen LogP contribution in [-0.2, 0) is 0 Å².